The zero-order chi connectivity index (χ0) is 14.9. The molecule has 0 heterocycles. The summed E-state index contributed by atoms with van der Waals surface area (Å²) in [7, 11) is 2.20. The normalized spacial score (nSPS) is 16.3. The maximum absolute atomic E-state index is 5.78. The summed E-state index contributed by atoms with van der Waals surface area (Å²) in [4.78, 5) is 2.41. The Hall–Kier alpha value is -0.900. The summed E-state index contributed by atoms with van der Waals surface area (Å²) in [5.74, 6) is 0.853. The number of benzene rings is 1. The minimum Gasteiger partial charge on any atom is -0.380 e. The van der Waals surface area contributed by atoms with Gasteiger partial charge in [0.2, 0.25) is 0 Å². The number of likely N-dealkylation sites (N-methyl/N-ethyl adjacent to an activating group) is 1. The predicted molar refractivity (Wildman–Crippen MR) is 88.5 cm³/mol. The Morgan fingerprint density at radius 3 is 2.71 bits per heavy atom. The quantitative estimate of drug-likeness (QED) is 0.634. The van der Waals surface area contributed by atoms with Crippen LogP contribution in [-0.2, 0) is 4.74 Å². The lowest BCUT2D eigenvalue weighted by Crippen LogP contribution is -2.35. The minimum absolute atomic E-state index is 0.419. The first-order valence-electron chi connectivity index (χ1n) is 8.35. The molecule has 21 heavy (non-hydrogen) atoms. The van der Waals surface area contributed by atoms with Crippen molar-refractivity contribution in [3.63, 3.8) is 0 Å². The lowest BCUT2D eigenvalue weighted by Gasteiger charge is -2.29. The highest BCUT2D eigenvalue weighted by molar-refractivity contribution is 5.19. The maximum Gasteiger partial charge on any atom is 0.0593 e. The number of rotatable bonds is 11. The number of hydrogen-bond acceptors (Lipinski definition) is 3. The van der Waals surface area contributed by atoms with Crippen molar-refractivity contribution < 1.29 is 4.74 Å². The first-order chi connectivity index (χ1) is 10.3. The minimum atomic E-state index is 0.419. The van der Waals surface area contributed by atoms with Crippen LogP contribution in [0.15, 0.2) is 30.3 Å². The van der Waals surface area contributed by atoms with Crippen LogP contribution in [0.2, 0.25) is 0 Å². The molecular formula is C18H30N2O. The van der Waals surface area contributed by atoms with E-state index in [1.165, 1.54) is 24.8 Å². The smallest absolute Gasteiger partial charge is 0.0593 e. The number of nitrogens with one attached hydrogen (secondary N) is 1. The Kier molecular flexibility index (Phi) is 7.20. The van der Waals surface area contributed by atoms with Gasteiger partial charge in [0, 0.05) is 25.7 Å². The summed E-state index contributed by atoms with van der Waals surface area (Å²) in [6.07, 6.45) is 3.91. The van der Waals surface area contributed by atoms with Crippen LogP contribution in [0.4, 0.5) is 0 Å². The zero-order valence-corrected chi connectivity index (χ0v) is 13.6. The van der Waals surface area contributed by atoms with Crippen molar-refractivity contribution in [3.05, 3.63) is 35.9 Å². The first-order valence-corrected chi connectivity index (χ1v) is 8.35. The van der Waals surface area contributed by atoms with Crippen LogP contribution in [-0.4, -0.2) is 44.8 Å². The van der Waals surface area contributed by atoms with Crippen molar-refractivity contribution in [2.45, 2.75) is 32.2 Å². The van der Waals surface area contributed by atoms with E-state index in [1.54, 1.807) is 0 Å². The molecule has 3 nitrogen and oxygen atoms in total. The molecule has 1 saturated carbocycles. The molecule has 1 aromatic carbocycles. The fraction of sp³-hybridized carbons (Fsp3) is 0.667. The summed E-state index contributed by atoms with van der Waals surface area (Å²) in [5.41, 5.74) is 1.38. The molecule has 0 spiro atoms. The molecule has 2 rings (SSSR count). The molecule has 3 heteroatoms. The molecule has 118 valence electrons. The number of hydrogen-bond donors (Lipinski definition) is 1. The highest BCUT2D eigenvalue weighted by atomic mass is 16.5. The lowest BCUT2D eigenvalue weighted by atomic mass is 10.1. The fourth-order valence-corrected chi connectivity index (χ4v) is 2.52. The van der Waals surface area contributed by atoms with Gasteiger partial charge in [0.1, 0.15) is 0 Å². The van der Waals surface area contributed by atoms with E-state index >= 15 is 0 Å². The van der Waals surface area contributed by atoms with Gasteiger partial charge in [-0.25, -0.2) is 0 Å². The zero-order valence-electron chi connectivity index (χ0n) is 13.6. The molecule has 0 radical (unpaired) electrons. The van der Waals surface area contributed by atoms with Gasteiger partial charge < -0.3 is 10.1 Å². The largest absolute Gasteiger partial charge is 0.380 e. The lowest BCUT2D eigenvalue weighted by molar-refractivity contribution is 0.0909. The number of nitrogens with zero attached hydrogens (tertiary/aromatic N) is 1. The predicted octanol–water partition coefficient (Wildman–Crippen LogP) is 3.09. The van der Waals surface area contributed by atoms with Crippen molar-refractivity contribution >= 4 is 0 Å². The molecule has 0 saturated heterocycles. The van der Waals surface area contributed by atoms with Crippen molar-refractivity contribution in [2.24, 2.45) is 5.92 Å². The Morgan fingerprint density at radius 2 is 2.05 bits per heavy atom. The monoisotopic (exact) mass is 290 g/mol. The van der Waals surface area contributed by atoms with Gasteiger partial charge in [-0.3, -0.25) is 4.90 Å². The van der Waals surface area contributed by atoms with Gasteiger partial charge in [-0.15, -0.1) is 0 Å². The third-order valence-electron chi connectivity index (χ3n) is 4.12. The van der Waals surface area contributed by atoms with E-state index in [9.17, 15) is 0 Å². The fourth-order valence-electron chi connectivity index (χ4n) is 2.52. The van der Waals surface area contributed by atoms with Gasteiger partial charge >= 0.3 is 0 Å². The Morgan fingerprint density at radius 1 is 1.29 bits per heavy atom. The molecule has 0 amide bonds. The third kappa shape index (κ3) is 6.16. The van der Waals surface area contributed by atoms with Crippen molar-refractivity contribution in [2.75, 3.05) is 39.9 Å². The van der Waals surface area contributed by atoms with Gasteiger partial charge in [0.05, 0.1) is 6.61 Å². The Bertz CT molecular complexity index is 378. The highest BCUT2D eigenvalue weighted by Gasteiger charge is 2.21. The van der Waals surface area contributed by atoms with Gasteiger partial charge in [-0.2, -0.15) is 0 Å². The Labute approximate surface area is 129 Å². The van der Waals surface area contributed by atoms with Crippen LogP contribution in [0.5, 0.6) is 0 Å². The summed E-state index contributed by atoms with van der Waals surface area (Å²) in [6, 6.07) is 11.2. The van der Waals surface area contributed by atoms with E-state index in [1.807, 2.05) is 0 Å². The van der Waals surface area contributed by atoms with Crippen molar-refractivity contribution in [3.8, 4) is 0 Å². The van der Waals surface area contributed by atoms with E-state index in [0.717, 1.165) is 38.8 Å². The molecule has 1 N–H and O–H groups in total. The third-order valence-corrected chi connectivity index (χ3v) is 4.12. The second kappa shape index (κ2) is 9.19. The van der Waals surface area contributed by atoms with E-state index in [0.29, 0.717) is 6.04 Å². The highest BCUT2D eigenvalue weighted by Crippen LogP contribution is 2.28. The topological polar surface area (TPSA) is 24.5 Å². The summed E-state index contributed by atoms with van der Waals surface area (Å²) in [6.45, 7) is 7.06. The molecule has 0 aromatic heterocycles. The van der Waals surface area contributed by atoms with Crippen LogP contribution < -0.4 is 5.32 Å². The van der Waals surface area contributed by atoms with Gasteiger partial charge in [0.15, 0.2) is 0 Å². The van der Waals surface area contributed by atoms with Crippen molar-refractivity contribution in [1.29, 1.82) is 0 Å². The average molecular weight is 290 g/mol. The first kappa shape index (κ1) is 16.5. The summed E-state index contributed by atoms with van der Waals surface area (Å²) in [5, 5.41) is 3.55. The maximum atomic E-state index is 5.78. The molecule has 1 aliphatic carbocycles. The second-order valence-electron chi connectivity index (χ2n) is 6.13. The van der Waals surface area contributed by atoms with E-state index in [2.05, 4.69) is 54.5 Å². The molecule has 1 aromatic rings. The Balaban J connectivity index is 1.80. The molecule has 1 aliphatic rings. The van der Waals surface area contributed by atoms with Gasteiger partial charge in [-0.1, -0.05) is 37.3 Å². The number of ether oxygens (including phenoxy) is 1. The standard InChI is InChI=1S/C18H30N2O/c1-3-11-19-14-18(17-7-5-4-6-8-17)20(2)12-13-21-15-16-9-10-16/h4-8,16,18-19H,3,9-15H2,1-2H3. The molecule has 0 bridgehead atoms. The summed E-state index contributed by atoms with van der Waals surface area (Å²) < 4.78 is 5.78. The van der Waals surface area contributed by atoms with E-state index < -0.39 is 0 Å². The summed E-state index contributed by atoms with van der Waals surface area (Å²) >= 11 is 0. The molecule has 1 fully saturated rings. The SMILES string of the molecule is CCCNCC(c1ccccc1)N(C)CCOCC1CC1. The molecule has 0 aliphatic heterocycles. The van der Waals surface area contributed by atoms with Crippen LogP contribution in [0.25, 0.3) is 0 Å². The molecule has 1 atom stereocenters. The second-order valence-corrected chi connectivity index (χ2v) is 6.13. The van der Waals surface area contributed by atoms with Gasteiger partial charge in [0.25, 0.3) is 0 Å². The van der Waals surface area contributed by atoms with Crippen molar-refractivity contribution in [1.82, 2.24) is 10.2 Å². The van der Waals surface area contributed by atoms with Crippen LogP contribution in [0.1, 0.15) is 37.8 Å². The molecule has 1 unspecified atom stereocenters. The van der Waals surface area contributed by atoms with Gasteiger partial charge in [-0.05, 0) is 44.3 Å². The van der Waals surface area contributed by atoms with E-state index in [-0.39, 0.29) is 0 Å². The van der Waals surface area contributed by atoms with Crippen LogP contribution in [0, 0.1) is 5.92 Å². The van der Waals surface area contributed by atoms with Crippen LogP contribution in [0.3, 0.4) is 0 Å². The van der Waals surface area contributed by atoms with Crippen LogP contribution >= 0.6 is 0 Å². The molecular weight excluding hydrogens is 260 g/mol. The van der Waals surface area contributed by atoms with E-state index in [4.69, 9.17) is 4.74 Å². The average Bonchev–Trinajstić information content (AvgIpc) is 3.33.